The molecule has 0 radical (unpaired) electrons. The molecule has 0 bridgehead atoms. The van der Waals surface area contributed by atoms with Gasteiger partial charge < -0.3 is 5.32 Å². The maximum atomic E-state index is 11.7. The Hall–Kier alpha value is -0.370. The van der Waals surface area contributed by atoms with Gasteiger partial charge in [-0.3, -0.25) is 4.79 Å². The van der Waals surface area contributed by atoms with Gasteiger partial charge in [-0.1, -0.05) is 12.8 Å². The second-order valence-electron chi connectivity index (χ2n) is 4.03. The van der Waals surface area contributed by atoms with Crippen LogP contribution < -0.4 is 5.32 Å². The maximum Gasteiger partial charge on any atom is 0.152 e. The molecule has 2 rings (SSSR count). The molecule has 2 nitrogen and oxygen atoms in total. The highest BCUT2D eigenvalue weighted by molar-refractivity contribution is 5.87. The summed E-state index contributed by atoms with van der Waals surface area (Å²) in [6.07, 6.45) is 7.12. The molecule has 2 fully saturated rings. The maximum absolute atomic E-state index is 11.7. The van der Waals surface area contributed by atoms with Gasteiger partial charge in [-0.25, -0.2) is 0 Å². The van der Waals surface area contributed by atoms with Crippen LogP contribution in [0, 0.1) is 5.92 Å². The second kappa shape index (κ2) is 3.56. The van der Waals surface area contributed by atoms with E-state index in [1.54, 1.807) is 0 Å². The molecule has 1 aliphatic heterocycles. The van der Waals surface area contributed by atoms with Crippen LogP contribution in [0.1, 0.15) is 38.5 Å². The van der Waals surface area contributed by atoms with Crippen LogP contribution in [0.5, 0.6) is 0 Å². The lowest BCUT2D eigenvalue weighted by atomic mass is 9.78. The summed E-state index contributed by atoms with van der Waals surface area (Å²) in [5.41, 5.74) is 0. The van der Waals surface area contributed by atoms with Crippen molar-refractivity contribution < 1.29 is 4.79 Å². The number of hydrogen-bond acceptors (Lipinski definition) is 2. The van der Waals surface area contributed by atoms with E-state index in [2.05, 4.69) is 5.32 Å². The number of piperidine rings is 1. The zero-order valence-electron chi connectivity index (χ0n) is 7.51. The number of Topliss-reactive ketones (excluding diaryl/α,β-unsaturated/α-hetero) is 1. The fourth-order valence-electron chi connectivity index (χ4n) is 2.07. The van der Waals surface area contributed by atoms with Crippen molar-refractivity contribution in [3.63, 3.8) is 0 Å². The fraction of sp³-hybridized carbons (Fsp3) is 0.900. The van der Waals surface area contributed by atoms with E-state index < -0.39 is 0 Å². The number of rotatable bonds is 2. The lowest BCUT2D eigenvalue weighted by Crippen LogP contribution is -2.44. The molecular formula is C10H17NO. The van der Waals surface area contributed by atoms with Crippen molar-refractivity contribution in [1.29, 1.82) is 0 Å². The molecule has 0 aromatic heterocycles. The summed E-state index contributed by atoms with van der Waals surface area (Å²) in [7, 11) is 0. The van der Waals surface area contributed by atoms with E-state index in [-0.39, 0.29) is 6.04 Å². The molecule has 1 aliphatic carbocycles. The van der Waals surface area contributed by atoms with Crippen LogP contribution in [0.4, 0.5) is 0 Å². The van der Waals surface area contributed by atoms with E-state index in [4.69, 9.17) is 0 Å². The zero-order valence-corrected chi connectivity index (χ0v) is 7.51. The van der Waals surface area contributed by atoms with Gasteiger partial charge in [0.05, 0.1) is 6.04 Å². The Bertz CT molecular complexity index is 169. The highest BCUT2D eigenvalue weighted by Gasteiger charge is 2.31. The lowest BCUT2D eigenvalue weighted by molar-refractivity contribution is -0.127. The van der Waals surface area contributed by atoms with Crippen LogP contribution in [-0.4, -0.2) is 18.4 Å². The first-order valence-corrected chi connectivity index (χ1v) is 5.15. The van der Waals surface area contributed by atoms with Gasteiger partial charge in [0.1, 0.15) is 0 Å². The van der Waals surface area contributed by atoms with Crippen LogP contribution in [0.3, 0.4) is 0 Å². The van der Waals surface area contributed by atoms with Gasteiger partial charge in [0.2, 0.25) is 0 Å². The van der Waals surface area contributed by atoms with Gasteiger partial charge in [0, 0.05) is 5.92 Å². The minimum atomic E-state index is 0.212. The van der Waals surface area contributed by atoms with Crippen LogP contribution in [-0.2, 0) is 4.79 Å². The van der Waals surface area contributed by atoms with Crippen molar-refractivity contribution >= 4 is 5.78 Å². The normalized spacial score (nSPS) is 31.2. The molecule has 0 aromatic carbocycles. The van der Waals surface area contributed by atoms with Crippen molar-refractivity contribution in [2.24, 2.45) is 5.92 Å². The molecule has 1 heterocycles. The molecule has 1 saturated carbocycles. The number of hydrogen-bond donors (Lipinski definition) is 1. The number of carbonyl (C=O) groups excluding carboxylic acids is 1. The summed E-state index contributed by atoms with van der Waals surface area (Å²) < 4.78 is 0. The van der Waals surface area contributed by atoms with Crippen molar-refractivity contribution in [2.75, 3.05) is 6.54 Å². The molecule has 1 N–H and O–H groups in total. The molecule has 0 aromatic rings. The molecule has 0 spiro atoms. The third-order valence-corrected chi connectivity index (χ3v) is 3.16. The quantitative estimate of drug-likeness (QED) is 0.675. The highest BCUT2D eigenvalue weighted by atomic mass is 16.1. The fourth-order valence-corrected chi connectivity index (χ4v) is 2.07. The van der Waals surface area contributed by atoms with Gasteiger partial charge >= 0.3 is 0 Å². The van der Waals surface area contributed by atoms with Crippen molar-refractivity contribution in [3.05, 3.63) is 0 Å². The minimum Gasteiger partial charge on any atom is -0.307 e. The Morgan fingerprint density at radius 1 is 1.08 bits per heavy atom. The Kier molecular flexibility index (Phi) is 2.45. The van der Waals surface area contributed by atoms with E-state index in [1.165, 1.54) is 19.3 Å². The number of ketones is 1. The van der Waals surface area contributed by atoms with E-state index in [0.29, 0.717) is 11.7 Å². The smallest absolute Gasteiger partial charge is 0.152 e. The summed E-state index contributed by atoms with van der Waals surface area (Å²) in [5, 5.41) is 3.32. The molecule has 1 unspecified atom stereocenters. The monoisotopic (exact) mass is 167 g/mol. The summed E-state index contributed by atoms with van der Waals surface area (Å²) in [6.45, 7) is 1.04. The van der Waals surface area contributed by atoms with Crippen LogP contribution in [0.2, 0.25) is 0 Å². The summed E-state index contributed by atoms with van der Waals surface area (Å²) in [5.74, 6) is 0.918. The Labute approximate surface area is 73.7 Å². The molecule has 12 heavy (non-hydrogen) atoms. The summed E-state index contributed by atoms with van der Waals surface area (Å²) in [4.78, 5) is 11.7. The van der Waals surface area contributed by atoms with Gasteiger partial charge in [0.25, 0.3) is 0 Å². The van der Waals surface area contributed by atoms with Crippen molar-refractivity contribution in [2.45, 2.75) is 44.6 Å². The van der Waals surface area contributed by atoms with E-state index in [9.17, 15) is 4.79 Å². The predicted octanol–water partition coefficient (Wildman–Crippen LogP) is 1.50. The zero-order chi connectivity index (χ0) is 8.39. The summed E-state index contributed by atoms with van der Waals surface area (Å²) >= 11 is 0. The summed E-state index contributed by atoms with van der Waals surface area (Å²) in [6, 6.07) is 0.212. The second-order valence-corrected chi connectivity index (χ2v) is 4.03. The predicted molar refractivity (Wildman–Crippen MR) is 48.0 cm³/mol. The Morgan fingerprint density at radius 3 is 2.42 bits per heavy atom. The van der Waals surface area contributed by atoms with Crippen LogP contribution in [0.25, 0.3) is 0 Å². The van der Waals surface area contributed by atoms with E-state index in [1.807, 2.05) is 0 Å². The first-order chi connectivity index (χ1) is 5.88. The largest absolute Gasteiger partial charge is 0.307 e. The van der Waals surface area contributed by atoms with Gasteiger partial charge in [-0.2, -0.15) is 0 Å². The third-order valence-electron chi connectivity index (χ3n) is 3.16. The van der Waals surface area contributed by atoms with Crippen LogP contribution in [0.15, 0.2) is 0 Å². The lowest BCUT2D eigenvalue weighted by Gasteiger charge is -2.30. The minimum absolute atomic E-state index is 0.212. The average molecular weight is 167 g/mol. The van der Waals surface area contributed by atoms with E-state index in [0.717, 1.165) is 25.8 Å². The highest BCUT2D eigenvalue weighted by Crippen LogP contribution is 2.29. The van der Waals surface area contributed by atoms with Crippen molar-refractivity contribution in [1.82, 2.24) is 5.32 Å². The van der Waals surface area contributed by atoms with Crippen molar-refractivity contribution in [3.8, 4) is 0 Å². The average Bonchev–Trinajstić information content (AvgIpc) is 2.03. The van der Waals surface area contributed by atoms with E-state index >= 15 is 0 Å². The molecule has 1 saturated heterocycles. The number of nitrogens with one attached hydrogen (secondary N) is 1. The molecule has 0 amide bonds. The molecule has 2 heteroatoms. The van der Waals surface area contributed by atoms with Gasteiger partial charge in [-0.05, 0) is 32.2 Å². The first kappa shape index (κ1) is 8.24. The third kappa shape index (κ3) is 1.53. The van der Waals surface area contributed by atoms with Gasteiger partial charge in [-0.15, -0.1) is 0 Å². The van der Waals surface area contributed by atoms with Gasteiger partial charge in [0.15, 0.2) is 5.78 Å². The SMILES string of the molecule is O=C(C1CCC1)C1CCCCN1. The van der Waals surface area contributed by atoms with Crippen LogP contribution >= 0.6 is 0 Å². The molecule has 1 atom stereocenters. The molecule has 2 aliphatic rings. The Morgan fingerprint density at radius 2 is 1.92 bits per heavy atom. The Balaban J connectivity index is 1.84. The topological polar surface area (TPSA) is 29.1 Å². The molecular weight excluding hydrogens is 150 g/mol. The standard InChI is InChI=1S/C10H17NO/c12-10(8-4-3-5-8)9-6-1-2-7-11-9/h8-9,11H,1-7H2. The first-order valence-electron chi connectivity index (χ1n) is 5.15. The number of carbonyl (C=O) groups is 1. The molecule has 68 valence electrons.